The monoisotopic (exact) mass is 258 g/mol. The molecular formula is C17H22O2. The minimum Gasteiger partial charge on any atom is -0.468 e. The summed E-state index contributed by atoms with van der Waals surface area (Å²) in [5.41, 5.74) is 2.30. The standard InChI is InChI=1S/C17H22O2/c1-3-4-5-6-8-15-11-13-16(14-12-15)9-7-10-17(18)19-2/h11-14H,3-6,8,10H2,1-2H3. The molecule has 0 heterocycles. The Balaban J connectivity index is 2.40. The maximum atomic E-state index is 10.9. The van der Waals surface area contributed by atoms with E-state index in [0.29, 0.717) is 0 Å². The van der Waals surface area contributed by atoms with E-state index in [1.54, 1.807) is 0 Å². The molecule has 1 aromatic rings. The third kappa shape index (κ3) is 6.67. The van der Waals surface area contributed by atoms with Crippen LogP contribution in [0, 0.1) is 11.8 Å². The van der Waals surface area contributed by atoms with Crippen molar-refractivity contribution in [3.8, 4) is 11.8 Å². The first-order valence-corrected chi connectivity index (χ1v) is 6.91. The van der Waals surface area contributed by atoms with Crippen molar-refractivity contribution in [1.82, 2.24) is 0 Å². The predicted octanol–water partition coefficient (Wildman–Crippen LogP) is 3.72. The lowest BCUT2D eigenvalue weighted by atomic mass is 10.0. The van der Waals surface area contributed by atoms with Gasteiger partial charge in [0.25, 0.3) is 0 Å². The summed E-state index contributed by atoms with van der Waals surface area (Å²) >= 11 is 0. The first-order chi connectivity index (χ1) is 9.26. The number of aryl methyl sites for hydroxylation is 1. The van der Waals surface area contributed by atoms with E-state index < -0.39 is 0 Å². The van der Waals surface area contributed by atoms with Crippen molar-refractivity contribution in [2.24, 2.45) is 0 Å². The minimum atomic E-state index is -0.292. The van der Waals surface area contributed by atoms with Gasteiger partial charge in [-0.25, -0.2) is 0 Å². The molecule has 0 saturated carbocycles. The third-order valence-electron chi connectivity index (χ3n) is 2.97. The molecule has 0 saturated heterocycles. The zero-order chi connectivity index (χ0) is 13.9. The Morgan fingerprint density at radius 2 is 1.89 bits per heavy atom. The molecule has 19 heavy (non-hydrogen) atoms. The maximum absolute atomic E-state index is 10.9. The van der Waals surface area contributed by atoms with Gasteiger partial charge in [0, 0.05) is 5.56 Å². The number of hydrogen-bond donors (Lipinski definition) is 0. The third-order valence-corrected chi connectivity index (χ3v) is 2.97. The number of benzene rings is 1. The van der Waals surface area contributed by atoms with E-state index in [1.165, 1.54) is 38.4 Å². The fourth-order valence-electron chi connectivity index (χ4n) is 1.80. The van der Waals surface area contributed by atoms with E-state index in [0.717, 1.165) is 12.0 Å². The minimum absolute atomic E-state index is 0.148. The number of ether oxygens (including phenoxy) is 1. The molecule has 0 bridgehead atoms. The van der Waals surface area contributed by atoms with Gasteiger partial charge in [0.1, 0.15) is 6.42 Å². The van der Waals surface area contributed by atoms with Gasteiger partial charge >= 0.3 is 5.97 Å². The van der Waals surface area contributed by atoms with E-state index in [1.807, 2.05) is 12.1 Å². The normalized spacial score (nSPS) is 9.58. The molecular weight excluding hydrogens is 236 g/mol. The molecule has 2 heteroatoms. The smallest absolute Gasteiger partial charge is 0.317 e. The predicted molar refractivity (Wildman–Crippen MR) is 77.8 cm³/mol. The van der Waals surface area contributed by atoms with Crippen LogP contribution in [0.3, 0.4) is 0 Å². The van der Waals surface area contributed by atoms with E-state index in [2.05, 4.69) is 35.6 Å². The van der Waals surface area contributed by atoms with Crippen LogP contribution >= 0.6 is 0 Å². The lowest BCUT2D eigenvalue weighted by molar-refractivity contribution is -0.139. The second kappa shape index (κ2) is 9.22. The molecule has 102 valence electrons. The summed E-state index contributed by atoms with van der Waals surface area (Å²) in [4.78, 5) is 10.9. The second-order valence-corrected chi connectivity index (χ2v) is 4.56. The van der Waals surface area contributed by atoms with Gasteiger partial charge in [-0.3, -0.25) is 4.79 Å². The first kappa shape index (κ1) is 15.3. The largest absolute Gasteiger partial charge is 0.468 e. The number of hydrogen-bond acceptors (Lipinski definition) is 2. The molecule has 1 rings (SSSR count). The number of carbonyl (C=O) groups is 1. The molecule has 0 spiro atoms. The van der Waals surface area contributed by atoms with E-state index in [-0.39, 0.29) is 12.4 Å². The molecule has 0 unspecified atom stereocenters. The number of methoxy groups -OCH3 is 1. The molecule has 0 radical (unpaired) electrons. The van der Waals surface area contributed by atoms with Crippen LogP contribution < -0.4 is 0 Å². The fourth-order valence-corrected chi connectivity index (χ4v) is 1.80. The molecule has 2 nitrogen and oxygen atoms in total. The number of unbranched alkanes of at least 4 members (excludes halogenated alkanes) is 3. The zero-order valence-electron chi connectivity index (χ0n) is 11.9. The fraction of sp³-hybridized carbons (Fsp3) is 0.471. The average Bonchev–Trinajstić information content (AvgIpc) is 2.45. The molecule has 0 amide bonds. The highest BCUT2D eigenvalue weighted by Gasteiger charge is 1.95. The van der Waals surface area contributed by atoms with Gasteiger partial charge < -0.3 is 4.74 Å². The Morgan fingerprint density at radius 3 is 2.53 bits per heavy atom. The second-order valence-electron chi connectivity index (χ2n) is 4.56. The Hall–Kier alpha value is -1.75. The van der Waals surface area contributed by atoms with Crippen LogP contribution in [-0.2, 0) is 16.0 Å². The molecule has 0 aromatic heterocycles. The Morgan fingerprint density at radius 1 is 1.16 bits per heavy atom. The number of esters is 1. The summed E-state index contributed by atoms with van der Waals surface area (Å²) in [5, 5.41) is 0. The van der Waals surface area contributed by atoms with Crippen LogP contribution in [0.25, 0.3) is 0 Å². The Kier molecular flexibility index (Phi) is 7.43. The summed E-state index contributed by atoms with van der Waals surface area (Å²) < 4.78 is 4.53. The van der Waals surface area contributed by atoms with Gasteiger partial charge in [-0.1, -0.05) is 50.2 Å². The van der Waals surface area contributed by atoms with Gasteiger partial charge in [0.05, 0.1) is 7.11 Å². The Bertz CT molecular complexity index is 435. The van der Waals surface area contributed by atoms with Crippen molar-refractivity contribution in [2.45, 2.75) is 45.4 Å². The van der Waals surface area contributed by atoms with E-state index in [4.69, 9.17) is 0 Å². The lowest BCUT2D eigenvalue weighted by Crippen LogP contribution is -1.97. The highest BCUT2D eigenvalue weighted by Crippen LogP contribution is 2.09. The molecule has 1 aromatic carbocycles. The van der Waals surface area contributed by atoms with Crippen LogP contribution in [0.5, 0.6) is 0 Å². The number of carbonyl (C=O) groups excluding carboxylic acids is 1. The highest BCUT2D eigenvalue weighted by molar-refractivity contribution is 5.72. The van der Waals surface area contributed by atoms with Crippen molar-refractivity contribution in [2.75, 3.05) is 7.11 Å². The highest BCUT2D eigenvalue weighted by atomic mass is 16.5. The summed E-state index contributed by atoms with van der Waals surface area (Å²) in [6.45, 7) is 2.22. The zero-order valence-corrected chi connectivity index (χ0v) is 11.9. The van der Waals surface area contributed by atoms with E-state index in [9.17, 15) is 4.79 Å². The SMILES string of the molecule is CCCCCCc1ccc(C#CCC(=O)OC)cc1. The lowest BCUT2D eigenvalue weighted by Gasteiger charge is -2.01. The van der Waals surface area contributed by atoms with Crippen LogP contribution in [-0.4, -0.2) is 13.1 Å². The van der Waals surface area contributed by atoms with Crippen LogP contribution in [0.2, 0.25) is 0 Å². The molecule has 0 aliphatic carbocycles. The summed E-state index contributed by atoms with van der Waals surface area (Å²) in [7, 11) is 1.37. The van der Waals surface area contributed by atoms with Crippen LogP contribution in [0.15, 0.2) is 24.3 Å². The maximum Gasteiger partial charge on any atom is 0.317 e. The van der Waals surface area contributed by atoms with E-state index >= 15 is 0 Å². The first-order valence-electron chi connectivity index (χ1n) is 6.91. The Labute approximate surface area is 116 Å². The van der Waals surface area contributed by atoms with Crippen molar-refractivity contribution in [3.63, 3.8) is 0 Å². The topological polar surface area (TPSA) is 26.3 Å². The molecule has 0 N–H and O–H groups in total. The molecule has 0 aliphatic heterocycles. The van der Waals surface area contributed by atoms with Gasteiger partial charge in [0.15, 0.2) is 0 Å². The summed E-state index contributed by atoms with van der Waals surface area (Å²) in [6, 6.07) is 8.26. The van der Waals surface area contributed by atoms with Crippen molar-refractivity contribution in [3.05, 3.63) is 35.4 Å². The quantitative estimate of drug-likeness (QED) is 0.441. The van der Waals surface area contributed by atoms with Crippen LogP contribution in [0.4, 0.5) is 0 Å². The molecule has 0 atom stereocenters. The van der Waals surface area contributed by atoms with Crippen molar-refractivity contribution in [1.29, 1.82) is 0 Å². The van der Waals surface area contributed by atoms with Crippen LogP contribution in [0.1, 0.15) is 50.2 Å². The van der Waals surface area contributed by atoms with Gasteiger partial charge in [-0.05, 0) is 30.5 Å². The average molecular weight is 258 g/mol. The van der Waals surface area contributed by atoms with Gasteiger partial charge in [0.2, 0.25) is 0 Å². The van der Waals surface area contributed by atoms with Crippen molar-refractivity contribution >= 4 is 5.97 Å². The summed E-state index contributed by atoms with van der Waals surface area (Å²) in [6.07, 6.45) is 6.43. The number of rotatable bonds is 6. The molecule has 0 aliphatic rings. The van der Waals surface area contributed by atoms with Crippen molar-refractivity contribution < 1.29 is 9.53 Å². The molecule has 0 fully saturated rings. The van der Waals surface area contributed by atoms with Gasteiger partial charge in [-0.15, -0.1) is 0 Å². The van der Waals surface area contributed by atoms with Gasteiger partial charge in [-0.2, -0.15) is 0 Å². The summed E-state index contributed by atoms with van der Waals surface area (Å²) in [5.74, 6) is 5.48.